The summed E-state index contributed by atoms with van der Waals surface area (Å²) in [4.78, 5) is 3.50. The Kier molecular flexibility index (Phi) is 9.83. The monoisotopic (exact) mass is 283 g/mol. The van der Waals surface area contributed by atoms with Crippen LogP contribution >= 0.6 is 0 Å². The van der Waals surface area contributed by atoms with Crippen LogP contribution in [0.1, 0.15) is 6.92 Å². The number of nitrogens with zero attached hydrogens (tertiary/aromatic N) is 1. The minimum atomic E-state index is -0.134. The van der Waals surface area contributed by atoms with E-state index in [1.165, 1.54) is 11.3 Å². The van der Waals surface area contributed by atoms with Gasteiger partial charge in [-0.3, -0.25) is 0 Å². The van der Waals surface area contributed by atoms with E-state index in [2.05, 4.69) is 53.7 Å². The van der Waals surface area contributed by atoms with Gasteiger partial charge in [-0.15, -0.1) is 0 Å². The molecule has 0 spiro atoms. The van der Waals surface area contributed by atoms with Crippen molar-refractivity contribution >= 4 is 38.4 Å². The fraction of sp³-hybridized carbons (Fsp3) is 0.364. The van der Waals surface area contributed by atoms with Crippen LogP contribution in [0.25, 0.3) is 0 Å². The van der Waals surface area contributed by atoms with Gasteiger partial charge in [-0.1, -0.05) is 0 Å². The zero-order valence-corrected chi connectivity index (χ0v) is 12.0. The molecule has 2 nitrogen and oxygen atoms in total. The number of aliphatic imine (C=N–C) groups is 1. The molecule has 1 aromatic rings. The summed E-state index contributed by atoms with van der Waals surface area (Å²) in [6.07, 6.45) is 0. The number of hydrogen-bond acceptors (Lipinski definition) is 3. The molecule has 0 fully saturated rings. The van der Waals surface area contributed by atoms with Crippen molar-refractivity contribution in [3.63, 3.8) is 0 Å². The Labute approximate surface area is 104 Å². The van der Waals surface area contributed by atoms with Crippen molar-refractivity contribution in [3.8, 4) is 0 Å². The van der Waals surface area contributed by atoms with E-state index in [9.17, 15) is 5.11 Å². The molecule has 1 rings (SSSR count). The Balaban J connectivity index is 0.000000265. The number of hydrogen-bond donors (Lipinski definition) is 0. The Hall–Kier alpha value is -0.417. The van der Waals surface area contributed by atoms with Crippen molar-refractivity contribution in [2.75, 3.05) is 12.3 Å². The van der Waals surface area contributed by atoms with Crippen LogP contribution in [0.15, 0.2) is 35.3 Å². The second-order valence-corrected chi connectivity index (χ2v) is 5.39. The summed E-state index contributed by atoms with van der Waals surface area (Å²) in [7, 11) is 0. The van der Waals surface area contributed by atoms with Crippen LogP contribution in [0.4, 0.5) is 0 Å². The zero-order chi connectivity index (χ0) is 11.5. The van der Waals surface area contributed by atoms with Gasteiger partial charge in [0, 0.05) is 6.54 Å². The van der Waals surface area contributed by atoms with E-state index in [0.29, 0.717) is 12.3 Å². The Morgan fingerprint density at radius 3 is 2.27 bits per heavy atom. The zero-order valence-electron chi connectivity index (χ0n) is 9.06. The third kappa shape index (κ3) is 9.88. The quantitative estimate of drug-likeness (QED) is 0.347. The van der Waals surface area contributed by atoms with Gasteiger partial charge in [-0.25, -0.2) is 0 Å². The van der Waals surface area contributed by atoms with E-state index in [-0.39, 0.29) is 21.3 Å². The Morgan fingerprint density at radius 1 is 1.40 bits per heavy atom. The molecule has 0 aromatic heterocycles. The third-order valence-electron chi connectivity index (χ3n) is 1.49. The summed E-state index contributed by atoms with van der Waals surface area (Å²) in [6.45, 7) is 1.91. The van der Waals surface area contributed by atoms with Gasteiger partial charge in [0.15, 0.2) is 0 Å². The Morgan fingerprint density at radius 2 is 2.00 bits per heavy atom. The predicted molar refractivity (Wildman–Crippen MR) is 67.9 cm³/mol. The van der Waals surface area contributed by atoms with E-state index in [1.54, 1.807) is 0 Å². The first kappa shape index (κ1) is 14.6. The summed E-state index contributed by atoms with van der Waals surface area (Å²) in [5.74, 6) is 2.69. The summed E-state index contributed by atoms with van der Waals surface area (Å²) >= 11 is 4.72. The van der Waals surface area contributed by atoms with Crippen LogP contribution in [0, 0.1) is 0 Å². The van der Waals surface area contributed by atoms with Gasteiger partial charge in [-0.2, -0.15) is 5.75 Å². The van der Waals surface area contributed by atoms with E-state index in [1.807, 2.05) is 0 Å². The third-order valence-corrected chi connectivity index (χ3v) is 3.58. The van der Waals surface area contributed by atoms with E-state index >= 15 is 0 Å². The van der Waals surface area contributed by atoms with Gasteiger partial charge in [0.25, 0.3) is 0 Å². The van der Waals surface area contributed by atoms with Gasteiger partial charge in [-0.05, 0) is 12.8 Å². The molecule has 4 heteroatoms. The van der Waals surface area contributed by atoms with Crippen molar-refractivity contribution in [2.24, 2.45) is 4.99 Å². The average molecular weight is 282 g/mol. The van der Waals surface area contributed by atoms with Gasteiger partial charge >= 0.3 is 55.9 Å². The SMILES string of the molecule is CC([O-])=NCC[S-].[CH3][Ge][c]1ccccc1. The first-order valence-corrected chi connectivity index (χ1v) is 8.42. The Bertz CT molecular complexity index is 273. The maximum absolute atomic E-state index is 9.99. The van der Waals surface area contributed by atoms with Crippen LogP contribution in [-0.4, -0.2) is 33.6 Å². The average Bonchev–Trinajstić information content (AvgIpc) is 2.28. The molecule has 0 amide bonds. The summed E-state index contributed by atoms with van der Waals surface area (Å²) in [5, 5.41) is 9.99. The second kappa shape index (κ2) is 10.1. The van der Waals surface area contributed by atoms with Gasteiger partial charge in [0.1, 0.15) is 0 Å². The van der Waals surface area contributed by atoms with Crippen molar-refractivity contribution in [3.05, 3.63) is 30.3 Å². The molecule has 0 aliphatic heterocycles. The van der Waals surface area contributed by atoms with Crippen molar-refractivity contribution < 1.29 is 5.11 Å². The van der Waals surface area contributed by atoms with Crippen molar-refractivity contribution in [1.82, 2.24) is 0 Å². The van der Waals surface area contributed by atoms with Crippen LogP contribution in [0.3, 0.4) is 0 Å². The molecule has 0 N–H and O–H groups in total. The molecule has 0 saturated heterocycles. The summed E-state index contributed by atoms with van der Waals surface area (Å²) in [5.41, 5.74) is 0. The molecular weight excluding hydrogens is 267 g/mol. The summed E-state index contributed by atoms with van der Waals surface area (Å²) < 4.78 is 1.53. The van der Waals surface area contributed by atoms with Crippen LogP contribution in [-0.2, 0) is 12.6 Å². The molecule has 0 unspecified atom stereocenters. The summed E-state index contributed by atoms with van der Waals surface area (Å²) in [6, 6.07) is 10.6. The molecule has 0 aliphatic carbocycles. The molecule has 2 radical (unpaired) electrons. The number of rotatable bonds is 3. The molecule has 0 atom stereocenters. The molecule has 1 aromatic carbocycles. The van der Waals surface area contributed by atoms with E-state index in [0.717, 1.165) is 0 Å². The molecule has 15 heavy (non-hydrogen) atoms. The molecule has 0 heterocycles. The molecule has 82 valence electrons. The van der Waals surface area contributed by atoms with Crippen molar-refractivity contribution in [1.29, 1.82) is 0 Å². The van der Waals surface area contributed by atoms with Crippen molar-refractivity contribution in [2.45, 2.75) is 12.7 Å². The number of benzene rings is 1. The molecule has 0 aliphatic rings. The van der Waals surface area contributed by atoms with Crippen LogP contribution in [0.2, 0.25) is 5.76 Å². The first-order chi connectivity index (χ1) is 7.20. The van der Waals surface area contributed by atoms with E-state index < -0.39 is 0 Å². The molecular formula is C11H15GeNOS-2. The standard InChI is InChI=1S/C7H8Ge.C4H9NOS/c1-8-7-5-3-2-4-6-7;1-4(6)5-2-3-7/h2-6H,1H3;7H,2-3H2,1H3,(H,5,6)/p-2. The maximum atomic E-state index is 9.99. The fourth-order valence-corrected chi connectivity index (χ4v) is 2.00. The topological polar surface area (TPSA) is 35.4 Å². The van der Waals surface area contributed by atoms with Crippen LogP contribution < -0.4 is 9.50 Å². The minimum absolute atomic E-state index is 0.134. The predicted octanol–water partition coefficient (Wildman–Crippen LogP) is 0.376. The van der Waals surface area contributed by atoms with Crippen LogP contribution in [0.5, 0.6) is 0 Å². The fourth-order valence-electron chi connectivity index (χ4n) is 0.808. The second-order valence-electron chi connectivity index (χ2n) is 2.72. The first-order valence-electron chi connectivity index (χ1n) is 4.69. The van der Waals surface area contributed by atoms with Gasteiger partial charge < -0.3 is 22.7 Å². The van der Waals surface area contributed by atoms with Gasteiger partial charge in [0.05, 0.1) is 0 Å². The normalized spacial score (nSPS) is 10.5. The van der Waals surface area contributed by atoms with E-state index in [4.69, 9.17) is 0 Å². The molecule has 0 saturated carbocycles. The van der Waals surface area contributed by atoms with Gasteiger partial charge in [0.2, 0.25) is 0 Å². The molecule has 0 bridgehead atoms.